The second kappa shape index (κ2) is 10.7. The second-order valence-corrected chi connectivity index (χ2v) is 8.70. The Balaban J connectivity index is 1.19. The molecule has 37 heavy (non-hydrogen) atoms. The summed E-state index contributed by atoms with van der Waals surface area (Å²) < 4.78 is 2.01. The fourth-order valence-corrected chi connectivity index (χ4v) is 4.04. The molecule has 0 saturated carbocycles. The third-order valence-electron chi connectivity index (χ3n) is 5.93. The van der Waals surface area contributed by atoms with Crippen LogP contribution in [0.15, 0.2) is 97.6 Å². The molecule has 3 aromatic carbocycles. The monoisotopic (exact) mass is 490 g/mol. The zero-order valence-electron chi connectivity index (χ0n) is 20.3. The van der Waals surface area contributed by atoms with Crippen molar-refractivity contribution in [3.05, 3.63) is 120 Å². The van der Waals surface area contributed by atoms with Crippen molar-refractivity contribution < 1.29 is 9.59 Å². The molecule has 0 radical (unpaired) electrons. The van der Waals surface area contributed by atoms with E-state index in [1.165, 1.54) is 5.56 Å². The van der Waals surface area contributed by atoms with E-state index in [4.69, 9.17) is 0 Å². The summed E-state index contributed by atoms with van der Waals surface area (Å²) in [5.74, 6) is -0.194. The molecule has 5 aromatic rings. The Morgan fingerprint density at radius 3 is 2.49 bits per heavy atom. The maximum Gasteiger partial charge on any atom is 0.319 e. The number of aromatic nitrogens is 3. The van der Waals surface area contributed by atoms with E-state index in [1.54, 1.807) is 36.9 Å². The molecule has 2 aromatic heterocycles. The van der Waals surface area contributed by atoms with Gasteiger partial charge in [-0.25, -0.2) is 9.78 Å². The van der Waals surface area contributed by atoms with E-state index >= 15 is 0 Å². The van der Waals surface area contributed by atoms with E-state index < -0.39 is 0 Å². The van der Waals surface area contributed by atoms with Gasteiger partial charge in [-0.15, -0.1) is 0 Å². The van der Waals surface area contributed by atoms with Gasteiger partial charge < -0.3 is 16.0 Å². The van der Waals surface area contributed by atoms with Crippen LogP contribution in [0.5, 0.6) is 0 Å². The number of urea groups is 1. The first-order valence-corrected chi connectivity index (χ1v) is 11.9. The quantitative estimate of drug-likeness (QED) is 0.299. The number of hydrogen-bond donors (Lipinski definition) is 3. The van der Waals surface area contributed by atoms with Gasteiger partial charge in [0.1, 0.15) is 6.33 Å². The summed E-state index contributed by atoms with van der Waals surface area (Å²) in [5, 5.41) is 8.58. The van der Waals surface area contributed by atoms with Crippen LogP contribution in [0.4, 0.5) is 10.5 Å². The van der Waals surface area contributed by atoms with Gasteiger partial charge in [-0.1, -0.05) is 24.3 Å². The van der Waals surface area contributed by atoms with E-state index in [2.05, 4.69) is 45.0 Å². The first kappa shape index (κ1) is 23.7. The Bertz CT molecular complexity index is 1560. The third-order valence-corrected chi connectivity index (χ3v) is 5.93. The second-order valence-electron chi connectivity index (χ2n) is 8.70. The van der Waals surface area contributed by atoms with Crippen molar-refractivity contribution in [2.75, 3.05) is 5.32 Å². The van der Waals surface area contributed by atoms with Gasteiger partial charge in [-0.05, 0) is 78.2 Å². The Labute approximate surface area is 214 Å². The molecule has 184 valence electrons. The smallest absolute Gasteiger partial charge is 0.319 e. The highest BCUT2D eigenvalue weighted by atomic mass is 16.2. The topological polar surface area (TPSA) is 101 Å². The number of nitrogens with one attached hydrogen (secondary N) is 3. The van der Waals surface area contributed by atoms with Crippen LogP contribution in [0, 0.1) is 6.92 Å². The molecule has 0 fully saturated rings. The number of aryl methyl sites for hydroxylation is 1. The van der Waals surface area contributed by atoms with Crippen LogP contribution < -0.4 is 16.0 Å². The lowest BCUT2D eigenvalue weighted by Gasteiger charge is -2.10. The van der Waals surface area contributed by atoms with Gasteiger partial charge in [0.15, 0.2) is 0 Å². The predicted octanol–water partition coefficient (Wildman–Crippen LogP) is 4.98. The lowest BCUT2D eigenvalue weighted by Crippen LogP contribution is -2.28. The fourth-order valence-electron chi connectivity index (χ4n) is 4.04. The molecule has 0 aliphatic heterocycles. The number of hydrogen-bond acceptors (Lipinski definition) is 4. The Morgan fingerprint density at radius 1 is 0.838 bits per heavy atom. The van der Waals surface area contributed by atoms with Crippen molar-refractivity contribution in [2.24, 2.45) is 0 Å². The molecule has 8 nitrogen and oxygen atoms in total. The maximum atomic E-state index is 12.8. The molecular weight excluding hydrogens is 464 g/mol. The van der Waals surface area contributed by atoms with E-state index in [-0.39, 0.29) is 11.9 Å². The summed E-state index contributed by atoms with van der Waals surface area (Å²) in [6.45, 7) is 2.77. The van der Waals surface area contributed by atoms with Crippen LogP contribution in [0.3, 0.4) is 0 Å². The van der Waals surface area contributed by atoms with Crippen molar-refractivity contribution in [1.82, 2.24) is 25.2 Å². The van der Waals surface area contributed by atoms with Gasteiger partial charge in [0, 0.05) is 42.4 Å². The highest BCUT2D eigenvalue weighted by Crippen LogP contribution is 2.20. The minimum Gasteiger partial charge on any atom is -0.348 e. The molecule has 0 saturated heterocycles. The summed E-state index contributed by atoms with van der Waals surface area (Å²) >= 11 is 0. The molecule has 0 aliphatic rings. The average Bonchev–Trinajstić information content (AvgIpc) is 3.35. The molecule has 3 amide bonds. The van der Waals surface area contributed by atoms with Crippen molar-refractivity contribution in [1.29, 1.82) is 0 Å². The number of nitrogens with zero attached hydrogens (tertiary/aromatic N) is 3. The molecule has 0 unspecified atom stereocenters. The average molecular weight is 491 g/mol. The first-order valence-electron chi connectivity index (χ1n) is 11.9. The zero-order valence-corrected chi connectivity index (χ0v) is 20.3. The summed E-state index contributed by atoms with van der Waals surface area (Å²) in [6.07, 6.45) is 5.14. The summed E-state index contributed by atoms with van der Waals surface area (Å²) in [6, 6.07) is 24.4. The lowest BCUT2D eigenvalue weighted by molar-refractivity contribution is 0.0951. The Morgan fingerprint density at radius 2 is 1.65 bits per heavy atom. The molecular formula is C29H26N6O2. The molecule has 8 heteroatoms. The minimum atomic E-state index is -0.309. The van der Waals surface area contributed by atoms with Gasteiger partial charge in [0.05, 0.1) is 11.0 Å². The van der Waals surface area contributed by atoms with Crippen LogP contribution in [0.2, 0.25) is 0 Å². The highest BCUT2D eigenvalue weighted by Gasteiger charge is 2.11. The normalized spacial score (nSPS) is 10.7. The largest absolute Gasteiger partial charge is 0.348 e. The van der Waals surface area contributed by atoms with Crippen molar-refractivity contribution in [3.8, 4) is 5.69 Å². The number of carbonyl (C=O) groups excluding carboxylic acids is 2. The van der Waals surface area contributed by atoms with Crippen LogP contribution in [-0.4, -0.2) is 26.5 Å². The number of benzene rings is 3. The molecule has 0 bridgehead atoms. The van der Waals surface area contributed by atoms with Crippen LogP contribution in [0.25, 0.3) is 16.7 Å². The van der Waals surface area contributed by atoms with E-state index in [1.807, 2.05) is 53.1 Å². The number of fused-ring (bicyclic) bond motifs is 1. The van der Waals surface area contributed by atoms with Crippen LogP contribution >= 0.6 is 0 Å². The van der Waals surface area contributed by atoms with Gasteiger partial charge in [-0.3, -0.25) is 14.3 Å². The standard InChI is InChI=1S/C29H26N6O2/c1-20-4-2-7-25(14-20)35-19-33-26-16-23(8-9-27(26)35)28(36)31-18-22-5-3-6-24(15-22)34-29(37)32-17-21-10-12-30-13-11-21/h2-16,19H,17-18H2,1H3,(H,31,36)(H2,32,34,37). The molecule has 0 aliphatic carbocycles. The number of amides is 3. The third kappa shape index (κ3) is 5.82. The molecule has 2 heterocycles. The molecule has 3 N–H and O–H groups in total. The van der Waals surface area contributed by atoms with Crippen LogP contribution in [0.1, 0.15) is 27.0 Å². The van der Waals surface area contributed by atoms with Crippen molar-refractivity contribution in [3.63, 3.8) is 0 Å². The number of rotatable bonds is 7. The number of carbonyl (C=O) groups is 2. The molecule has 0 spiro atoms. The molecule has 5 rings (SSSR count). The summed E-state index contributed by atoms with van der Waals surface area (Å²) in [5.41, 5.74) is 6.88. The Kier molecular flexibility index (Phi) is 6.89. The summed E-state index contributed by atoms with van der Waals surface area (Å²) in [7, 11) is 0. The van der Waals surface area contributed by atoms with Gasteiger partial charge in [0.2, 0.25) is 0 Å². The summed E-state index contributed by atoms with van der Waals surface area (Å²) in [4.78, 5) is 33.5. The van der Waals surface area contributed by atoms with Gasteiger partial charge >= 0.3 is 6.03 Å². The first-order chi connectivity index (χ1) is 18.0. The van der Waals surface area contributed by atoms with E-state index in [0.29, 0.717) is 24.3 Å². The minimum absolute atomic E-state index is 0.194. The fraction of sp³-hybridized carbons (Fsp3) is 0.103. The predicted molar refractivity (Wildman–Crippen MR) is 144 cm³/mol. The van der Waals surface area contributed by atoms with Gasteiger partial charge in [-0.2, -0.15) is 0 Å². The number of imidazole rings is 1. The highest BCUT2D eigenvalue weighted by molar-refractivity contribution is 5.97. The van der Waals surface area contributed by atoms with Gasteiger partial charge in [0.25, 0.3) is 5.91 Å². The van der Waals surface area contributed by atoms with Crippen molar-refractivity contribution >= 4 is 28.7 Å². The van der Waals surface area contributed by atoms with E-state index in [9.17, 15) is 9.59 Å². The molecule has 0 atom stereocenters. The zero-order chi connectivity index (χ0) is 25.6. The maximum absolute atomic E-state index is 12.8. The SMILES string of the molecule is Cc1cccc(-n2cnc3cc(C(=O)NCc4cccc(NC(=O)NCc5ccncc5)c4)ccc32)c1. The van der Waals surface area contributed by atoms with Crippen molar-refractivity contribution in [2.45, 2.75) is 20.0 Å². The number of anilines is 1. The number of pyridine rings is 1. The van der Waals surface area contributed by atoms with E-state index in [0.717, 1.165) is 27.8 Å². The van der Waals surface area contributed by atoms with Crippen LogP contribution in [-0.2, 0) is 13.1 Å². The lowest BCUT2D eigenvalue weighted by atomic mass is 10.1. The Hall–Kier alpha value is -4.98.